The van der Waals surface area contributed by atoms with Crippen LogP contribution in [0.4, 0.5) is 4.39 Å². The predicted molar refractivity (Wildman–Crippen MR) is 73.3 cm³/mol. The van der Waals surface area contributed by atoms with Crippen LogP contribution in [0.1, 0.15) is 19.4 Å². The normalized spacial score (nSPS) is 11.9. The summed E-state index contributed by atoms with van der Waals surface area (Å²) >= 11 is 5.63. The van der Waals surface area contributed by atoms with E-state index < -0.39 is 11.9 Å². The molecule has 0 spiro atoms. The Morgan fingerprint density at radius 2 is 2.11 bits per heavy atom. The average Bonchev–Trinajstić information content (AvgIpc) is 2.29. The Bertz CT molecular complexity index is 413. The molecule has 0 aliphatic heterocycles. The van der Waals surface area contributed by atoms with Gasteiger partial charge in [0.05, 0.1) is 11.1 Å². The molecule has 1 aromatic carbocycles. The summed E-state index contributed by atoms with van der Waals surface area (Å²) in [4.78, 5) is 11.6. The summed E-state index contributed by atoms with van der Waals surface area (Å²) in [5.41, 5.74) is 6.42. The first-order valence-corrected chi connectivity index (χ1v) is 5.77. The third kappa shape index (κ3) is 4.80. The van der Waals surface area contributed by atoms with Crippen LogP contribution in [0.25, 0.3) is 0 Å². The second-order valence-corrected chi connectivity index (χ2v) is 4.64. The van der Waals surface area contributed by atoms with Gasteiger partial charge in [-0.25, -0.2) is 4.39 Å². The number of rotatable bonds is 4. The molecule has 1 unspecified atom stereocenters. The lowest BCUT2D eigenvalue weighted by atomic mass is 10.0. The summed E-state index contributed by atoms with van der Waals surface area (Å²) in [6.07, 6.45) is 0. The van der Waals surface area contributed by atoms with Gasteiger partial charge in [-0.05, 0) is 23.6 Å². The van der Waals surface area contributed by atoms with Crippen LogP contribution in [0.2, 0.25) is 5.02 Å². The number of nitrogens with two attached hydrogens (primary N) is 1. The van der Waals surface area contributed by atoms with Crippen LogP contribution >= 0.6 is 24.0 Å². The standard InChI is InChI=1S/C12H16ClFN2O.ClH/c1-7(2)11(15)12(17)16-6-8-3-4-10(14)9(13)5-8;/h3-5,7,11H,6,15H2,1-2H3,(H,16,17);1H. The molecular formula is C12H17Cl2FN2O. The predicted octanol–water partition coefficient (Wildman–Crippen LogP) is 2.50. The molecule has 0 heterocycles. The minimum Gasteiger partial charge on any atom is -0.351 e. The first kappa shape index (κ1) is 17.2. The van der Waals surface area contributed by atoms with Crippen molar-refractivity contribution in [2.45, 2.75) is 26.4 Å². The molecule has 0 aliphatic rings. The summed E-state index contributed by atoms with van der Waals surface area (Å²) in [6.45, 7) is 4.04. The van der Waals surface area contributed by atoms with E-state index in [0.717, 1.165) is 5.56 Å². The van der Waals surface area contributed by atoms with Crippen LogP contribution in [-0.4, -0.2) is 11.9 Å². The van der Waals surface area contributed by atoms with E-state index in [9.17, 15) is 9.18 Å². The van der Waals surface area contributed by atoms with Gasteiger partial charge in [0.1, 0.15) is 5.82 Å². The molecule has 3 nitrogen and oxygen atoms in total. The van der Waals surface area contributed by atoms with Crippen molar-refractivity contribution >= 4 is 29.9 Å². The number of amides is 1. The van der Waals surface area contributed by atoms with Gasteiger partial charge in [0.2, 0.25) is 5.91 Å². The number of halogens is 3. The van der Waals surface area contributed by atoms with Crippen molar-refractivity contribution in [3.8, 4) is 0 Å². The lowest BCUT2D eigenvalue weighted by Crippen LogP contribution is -2.43. The first-order chi connectivity index (χ1) is 7.91. The molecule has 0 aromatic heterocycles. The van der Waals surface area contributed by atoms with Crippen molar-refractivity contribution in [3.05, 3.63) is 34.6 Å². The van der Waals surface area contributed by atoms with Gasteiger partial charge in [-0.15, -0.1) is 12.4 Å². The Labute approximate surface area is 117 Å². The van der Waals surface area contributed by atoms with Gasteiger partial charge in [0, 0.05) is 6.54 Å². The summed E-state index contributed by atoms with van der Waals surface area (Å²) in [7, 11) is 0. The van der Waals surface area contributed by atoms with Gasteiger partial charge in [-0.3, -0.25) is 4.79 Å². The van der Waals surface area contributed by atoms with Crippen molar-refractivity contribution in [2.24, 2.45) is 11.7 Å². The maximum atomic E-state index is 12.9. The Morgan fingerprint density at radius 1 is 1.50 bits per heavy atom. The number of benzene rings is 1. The molecule has 0 saturated carbocycles. The molecule has 0 radical (unpaired) electrons. The number of carbonyl (C=O) groups excluding carboxylic acids is 1. The number of nitrogens with one attached hydrogen (secondary N) is 1. The van der Waals surface area contributed by atoms with E-state index in [2.05, 4.69) is 5.32 Å². The average molecular weight is 295 g/mol. The Balaban J connectivity index is 0.00000289. The van der Waals surface area contributed by atoms with E-state index >= 15 is 0 Å². The SMILES string of the molecule is CC(C)C(N)C(=O)NCc1ccc(F)c(Cl)c1.Cl. The lowest BCUT2D eigenvalue weighted by Gasteiger charge is -2.15. The van der Waals surface area contributed by atoms with Crippen LogP contribution in [-0.2, 0) is 11.3 Å². The van der Waals surface area contributed by atoms with E-state index in [1.54, 1.807) is 6.07 Å². The van der Waals surface area contributed by atoms with Gasteiger partial charge in [0.25, 0.3) is 0 Å². The smallest absolute Gasteiger partial charge is 0.237 e. The van der Waals surface area contributed by atoms with E-state index in [1.165, 1.54) is 12.1 Å². The zero-order chi connectivity index (χ0) is 13.0. The molecule has 0 aliphatic carbocycles. The molecule has 0 bridgehead atoms. The fraction of sp³-hybridized carbons (Fsp3) is 0.417. The molecule has 6 heteroatoms. The van der Waals surface area contributed by atoms with Crippen LogP contribution in [0, 0.1) is 11.7 Å². The number of hydrogen-bond acceptors (Lipinski definition) is 2. The molecule has 0 saturated heterocycles. The largest absolute Gasteiger partial charge is 0.351 e. The van der Waals surface area contributed by atoms with Gasteiger partial charge in [-0.2, -0.15) is 0 Å². The van der Waals surface area contributed by atoms with Crippen LogP contribution in [0.5, 0.6) is 0 Å². The summed E-state index contributed by atoms with van der Waals surface area (Å²) in [5.74, 6) is -0.618. The highest BCUT2D eigenvalue weighted by molar-refractivity contribution is 6.30. The third-order valence-corrected chi connectivity index (χ3v) is 2.76. The third-order valence-electron chi connectivity index (χ3n) is 2.47. The quantitative estimate of drug-likeness (QED) is 0.896. The summed E-state index contributed by atoms with van der Waals surface area (Å²) < 4.78 is 12.9. The van der Waals surface area contributed by atoms with Crippen molar-refractivity contribution in [1.29, 1.82) is 0 Å². The lowest BCUT2D eigenvalue weighted by molar-refractivity contribution is -0.123. The maximum absolute atomic E-state index is 12.9. The zero-order valence-electron chi connectivity index (χ0n) is 10.2. The van der Waals surface area contributed by atoms with Crippen LogP contribution in [0.15, 0.2) is 18.2 Å². The molecule has 1 rings (SSSR count). The Hall–Kier alpha value is -0.840. The van der Waals surface area contributed by atoms with Gasteiger partial charge < -0.3 is 11.1 Å². The maximum Gasteiger partial charge on any atom is 0.237 e. The van der Waals surface area contributed by atoms with E-state index in [1.807, 2.05) is 13.8 Å². The fourth-order valence-corrected chi connectivity index (χ4v) is 1.46. The molecule has 1 atom stereocenters. The van der Waals surface area contributed by atoms with E-state index in [0.29, 0.717) is 6.54 Å². The first-order valence-electron chi connectivity index (χ1n) is 5.39. The van der Waals surface area contributed by atoms with Gasteiger partial charge >= 0.3 is 0 Å². The second kappa shape index (κ2) is 7.56. The van der Waals surface area contributed by atoms with E-state index in [-0.39, 0.29) is 29.3 Å². The Kier molecular flexibility index (Phi) is 7.21. The summed E-state index contributed by atoms with van der Waals surface area (Å²) in [5, 5.41) is 2.73. The Morgan fingerprint density at radius 3 is 2.61 bits per heavy atom. The van der Waals surface area contributed by atoms with Gasteiger partial charge in [-0.1, -0.05) is 31.5 Å². The fourth-order valence-electron chi connectivity index (χ4n) is 1.26. The number of hydrogen-bond donors (Lipinski definition) is 2. The van der Waals surface area contributed by atoms with Crippen LogP contribution < -0.4 is 11.1 Å². The van der Waals surface area contributed by atoms with Crippen molar-refractivity contribution in [2.75, 3.05) is 0 Å². The van der Waals surface area contributed by atoms with Crippen LogP contribution in [0.3, 0.4) is 0 Å². The monoisotopic (exact) mass is 294 g/mol. The zero-order valence-corrected chi connectivity index (χ0v) is 11.8. The minimum absolute atomic E-state index is 0. The van der Waals surface area contributed by atoms with Crippen molar-refractivity contribution in [3.63, 3.8) is 0 Å². The van der Waals surface area contributed by atoms with Crippen molar-refractivity contribution in [1.82, 2.24) is 5.32 Å². The molecule has 1 aromatic rings. The number of carbonyl (C=O) groups is 1. The highest BCUT2D eigenvalue weighted by Crippen LogP contribution is 2.15. The molecule has 0 fully saturated rings. The second-order valence-electron chi connectivity index (χ2n) is 4.24. The molecule has 3 N–H and O–H groups in total. The van der Waals surface area contributed by atoms with Gasteiger partial charge in [0.15, 0.2) is 0 Å². The van der Waals surface area contributed by atoms with E-state index in [4.69, 9.17) is 17.3 Å². The topological polar surface area (TPSA) is 55.1 Å². The molecule has 18 heavy (non-hydrogen) atoms. The molecule has 102 valence electrons. The molecule has 1 amide bonds. The highest BCUT2D eigenvalue weighted by Gasteiger charge is 2.16. The highest BCUT2D eigenvalue weighted by atomic mass is 35.5. The minimum atomic E-state index is -0.536. The van der Waals surface area contributed by atoms with Crippen molar-refractivity contribution < 1.29 is 9.18 Å². The summed E-state index contributed by atoms with van der Waals surface area (Å²) in [6, 6.07) is 3.79. The molecular weight excluding hydrogens is 278 g/mol.